The fraction of sp³-hybridized carbons (Fsp3) is 0.467. The highest BCUT2D eigenvalue weighted by atomic mass is 16.5. The zero-order valence-electron chi connectivity index (χ0n) is 12.8. The van der Waals surface area contributed by atoms with Crippen molar-refractivity contribution in [1.82, 2.24) is 10.2 Å². The average molecular weight is 294 g/mol. The summed E-state index contributed by atoms with van der Waals surface area (Å²) in [6.45, 7) is 5.37. The van der Waals surface area contributed by atoms with Gasteiger partial charge in [-0.3, -0.25) is 0 Å². The van der Waals surface area contributed by atoms with Crippen molar-refractivity contribution < 1.29 is 19.4 Å². The number of likely N-dealkylation sites (N-methyl/N-ethyl adjacent to an activating group) is 1. The number of aliphatic carboxylic acids is 1. The first-order valence-electron chi connectivity index (χ1n) is 6.74. The number of benzene rings is 1. The van der Waals surface area contributed by atoms with Crippen LogP contribution >= 0.6 is 0 Å². The number of ether oxygens (including phenoxy) is 1. The van der Waals surface area contributed by atoms with E-state index in [-0.39, 0.29) is 0 Å². The topological polar surface area (TPSA) is 78.9 Å². The number of hydrogen-bond donors (Lipinski definition) is 2. The molecule has 0 bridgehead atoms. The molecular weight excluding hydrogens is 272 g/mol. The fourth-order valence-corrected chi connectivity index (χ4v) is 1.96. The van der Waals surface area contributed by atoms with Gasteiger partial charge >= 0.3 is 12.0 Å². The van der Waals surface area contributed by atoms with Gasteiger partial charge in [0.2, 0.25) is 0 Å². The van der Waals surface area contributed by atoms with Gasteiger partial charge in [0.25, 0.3) is 0 Å². The molecule has 6 heteroatoms. The second kappa shape index (κ2) is 6.97. The van der Waals surface area contributed by atoms with Gasteiger partial charge in [0, 0.05) is 13.1 Å². The molecule has 0 atom stereocenters. The molecule has 116 valence electrons. The van der Waals surface area contributed by atoms with Crippen LogP contribution in [0.25, 0.3) is 0 Å². The normalized spacial score (nSPS) is 10.9. The lowest BCUT2D eigenvalue weighted by Gasteiger charge is -2.34. The van der Waals surface area contributed by atoms with Gasteiger partial charge in [0.05, 0.1) is 7.11 Å². The van der Waals surface area contributed by atoms with E-state index in [0.717, 1.165) is 5.56 Å². The SMILES string of the molecule is CCN(C(=O)NCc1cccc(OC)c1)C(C)(C)C(=O)O. The summed E-state index contributed by atoms with van der Waals surface area (Å²) in [6.07, 6.45) is 0. The summed E-state index contributed by atoms with van der Waals surface area (Å²) in [5.74, 6) is -0.333. The molecule has 0 radical (unpaired) electrons. The van der Waals surface area contributed by atoms with Crippen molar-refractivity contribution in [2.24, 2.45) is 0 Å². The van der Waals surface area contributed by atoms with Crippen LogP contribution in [0.3, 0.4) is 0 Å². The lowest BCUT2D eigenvalue weighted by Crippen LogP contribution is -2.55. The summed E-state index contributed by atoms with van der Waals surface area (Å²) in [5, 5.41) is 11.9. The summed E-state index contributed by atoms with van der Waals surface area (Å²) >= 11 is 0. The Morgan fingerprint density at radius 2 is 2.05 bits per heavy atom. The third-order valence-electron chi connectivity index (χ3n) is 3.34. The molecule has 1 aromatic carbocycles. The quantitative estimate of drug-likeness (QED) is 0.842. The number of carboxylic acid groups (broad SMARTS) is 1. The highest BCUT2D eigenvalue weighted by Crippen LogP contribution is 2.16. The predicted molar refractivity (Wildman–Crippen MR) is 79.3 cm³/mol. The van der Waals surface area contributed by atoms with Crippen LogP contribution in [0.1, 0.15) is 26.3 Å². The van der Waals surface area contributed by atoms with Crippen LogP contribution in [0.5, 0.6) is 5.75 Å². The molecule has 0 aliphatic heterocycles. The van der Waals surface area contributed by atoms with Crippen molar-refractivity contribution in [2.45, 2.75) is 32.9 Å². The van der Waals surface area contributed by atoms with Gasteiger partial charge in [-0.15, -0.1) is 0 Å². The number of nitrogens with zero attached hydrogens (tertiary/aromatic N) is 1. The van der Waals surface area contributed by atoms with Gasteiger partial charge in [0.15, 0.2) is 0 Å². The zero-order valence-corrected chi connectivity index (χ0v) is 12.8. The lowest BCUT2D eigenvalue weighted by atomic mass is 10.0. The van der Waals surface area contributed by atoms with E-state index < -0.39 is 17.5 Å². The van der Waals surface area contributed by atoms with E-state index >= 15 is 0 Å². The van der Waals surface area contributed by atoms with Crippen molar-refractivity contribution in [3.63, 3.8) is 0 Å². The molecule has 0 aliphatic carbocycles. The first-order valence-corrected chi connectivity index (χ1v) is 6.74. The maximum Gasteiger partial charge on any atom is 0.329 e. The van der Waals surface area contributed by atoms with E-state index in [4.69, 9.17) is 4.74 Å². The molecule has 0 fully saturated rings. The Kier molecular flexibility index (Phi) is 5.58. The Labute approximate surface area is 124 Å². The third kappa shape index (κ3) is 4.11. The molecule has 2 N–H and O–H groups in total. The second-order valence-corrected chi connectivity index (χ2v) is 5.12. The van der Waals surface area contributed by atoms with Crippen molar-refractivity contribution in [2.75, 3.05) is 13.7 Å². The molecule has 6 nitrogen and oxygen atoms in total. The predicted octanol–water partition coefficient (Wildman–Crippen LogP) is 2.09. The van der Waals surface area contributed by atoms with Crippen molar-refractivity contribution >= 4 is 12.0 Å². The number of rotatable bonds is 6. The van der Waals surface area contributed by atoms with Gasteiger partial charge in [-0.25, -0.2) is 9.59 Å². The van der Waals surface area contributed by atoms with E-state index in [0.29, 0.717) is 18.8 Å². The van der Waals surface area contributed by atoms with Gasteiger partial charge in [-0.2, -0.15) is 0 Å². The highest BCUT2D eigenvalue weighted by molar-refractivity contribution is 5.85. The molecule has 21 heavy (non-hydrogen) atoms. The van der Waals surface area contributed by atoms with Crippen LogP contribution in [-0.4, -0.2) is 41.2 Å². The summed E-state index contributed by atoms with van der Waals surface area (Å²) in [4.78, 5) is 24.7. The first kappa shape index (κ1) is 16.8. The Bertz CT molecular complexity index is 514. The minimum absolute atomic E-state index is 0.308. The molecule has 0 spiro atoms. The molecular formula is C15H22N2O4. The number of methoxy groups -OCH3 is 1. The van der Waals surface area contributed by atoms with Crippen LogP contribution in [0.4, 0.5) is 4.79 Å². The average Bonchev–Trinajstić information content (AvgIpc) is 2.45. The van der Waals surface area contributed by atoms with Gasteiger partial charge < -0.3 is 20.1 Å². The standard InChI is InChI=1S/C15H22N2O4/c1-5-17(15(2,3)13(18)19)14(20)16-10-11-7-6-8-12(9-11)21-4/h6-9H,5,10H2,1-4H3,(H,16,20)(H,18,19). The molecule has 0 saturated heterocycles. The van der Waals surface area contributed by atoms with Crippen LogP contribution < -0.4 is 10.1 Å². The largest absolute Gasteiger partial charge is 0.497 e. The Morgan fingerprint density at radius 1 is 1.38 bits per heavy atom. The minimum Gasteiger partial charge on any atom is -0.497 e. The van der Waals surface area contributed by atoms with E-state index in [1.807, 2.05) is 24.3 Å². The molecule has 2 amide bonds. The summed E-state index contributed by atoms with van der Waals surface area (Å²) in [7, 11) is 1.58. The van der Waals surface area contributed by atoms with E-state index in [9.17, 15) is 14.7 Å². The Morgan fingerprint density at radius 3 is 2.57 bits per heavy atom. The Balaban J connectivity index is 2.73. The number of carbonyl (C=O) groups excluding carboxylic acids is 1. The van der Waals surface area contributed by atoms with Crippen molar-refractivity contribution in [1.29, 1.82) is 0 Å². The molecule has 0 heterocycles. The Hall–Kier alpha value is -2.24. The maximum absolute atomic E-state index is 12.2. The summed E-state index contributed by atoms with van der Waals surface area (Å²) in [5.41, 5.74) is -0.375. The maximum atomic E-state index is 12.2. The van der Waals surface area contributed by atoms with Crippen LogP contribution in [0.15, 0.2) is 24.3 Å². The highest BCUT2D eigenvalue weighted by Gasteiger charge is 2.36. The lowest BCUT2D eigenvalue weighted by molar-refractivity contribution is -0.147. The molecule has 1 rings (SSSR count). The van der Waals surface area contributed by atoms with E-state index in [1.54, 1.807) is 14.0 Å². The van der Waals surface area contributed by atoms with Crippen LogP contribution in [-0.2, 0) is 11.3 Å². The molecule has 0 aliphatic rings. The number of hydrogen-bond acceptors (Lipinski definition) is 3. The number of carbonyl (C=O) groups is 2. The fourth-order valence-electron chi connectivity index (χ4n) is 1.96. The number of amides is 2. The van der Waals surface area contributed by atoms with Crippen molar-refractivity contribution in [3.05, 3.63) is 29.8 Å². The third-order valence-corrected chi connectivity index (χ3v) is 3.34. The second-order valence-electron chi connectivity index (χ2n) is 5.12. The molecule has 0 unspecified atom stereocenters. The zero-order chi connectivity index (χ0) is 16.0. The van der Waals surface area contributed by atoms with Crippen LogP contribution in [0.2, 0.25) is 0 Å². The monoisotopic (exact) mass is 294 g/mol. The number of urea groups is 1. The van der Waals surface area contributed by atoms with Gasteiger partial charge in [0.1, 0.15) is 11.3 Å². The molecule has 1 aromatic rings. The minimum atomic E-state index is -1.26. The van der Waals surface area contributed by atoms with Crippen molar-refractivity contribution in [3.8, 4) is 5.75 Å². The molecule has 0 saturated carbocycles. The van der Waals surface area contributed by atoms with Gasteiger partial charge in [-0.05, 0) is 38.5 Å². The van der Waals surface area contributed by atoms with Crippen LogP contribution in [0, 0.1) is 0 Å². The number of carboxylic acids is 1. The van der Waals surface area contributed by atoms with E-state index in [2.05, 4.69) is 5.32 Å². The smallest absolute Gasteiger partial charge is 0.329 e. The summed E-state index contributed by atoms with van der Waals surface area (Å²) in [6, 6.07) is 6.92. The number of nitrogens with one attached hydrogen (secondary N) is 1. The molecule has 0 aromatic heterocycles. The first-order chi connectivity index (χ1) is 9.82. The summed E-state index contributed by atoms with van der Waals surface area (Å²) < 4.78 is 5.12. The van der Waals surface area contributed by atoms with Gasteiger partial charge in [-0.1, -0.05) is 12.1 Å². The van der Waals surface area contributed by atoms with E-state index in [1.165, 1.54) is 18.7 Å².